The molecule has 0 saturated heterocycles. The molecule has 1 atom stereocenters. The summed E-state index contributed by atoms with van der Waals surface area (Å²) in [5.74, 6) is -1.88. The topological polar surface area (TPSA) is 108 Å². The smallest absolute Gasteiger partial charge is 0.336 e. The Kier molecular flexibility index (Phi) is 8.57. The number of anilines is 2. The molecule has 1 unspecified atom stereocenters. The number of hydrogen-bond donors (Lipinski definition) is 3. The number of aromatic nitrogens is 1. The van der Waals surface area contributed by atoms with E-state index in [-0.39, 0.29) is 17.0 Å². The number of carboxylic acids is 1. The minimum atomic E-state index is -1.17. The minimum Gasteiger partial charge on any atom is -0.478 e. The van der Waals surface area contributed by atoms with E-state index in [1.807, 2.05) is 79.7 Å². The van der Waals surface area contributed by atoms with E-state index in [1.54, 1.807) is 24.3 Å². The molecule has 41 heavy (non-hydrogen) atoms. The largest absolute Gasteiger partial charge is 0.478 e. The highest BCUT2D eigenvalue weighted by Gasteiger charge is 2.24. The lowest BCUT2D eigenvalue weighted by Crippen LogP contribution is -2.19. The zero-order chi connectivity index (χ0) is 28.8. The van der Waals surface area contributed by atoms with Gasteiger partial charge in [-0.3, -0.25) is 9.59 Å². The molecule has 5 aromatic rings. The number of aromatic carboxylic acids is 1. The Labute approximate surface area is 245 Å². The number of amides is 2. The van der Waals surface area contributed by atoms with Crippen molar-refractivity contribution in [3.8, 4) is 11.3 Å². The number of nitrogens with one attached hydrogen (secondary N) is 2. The average Bonchev–Trinajstić information content (AvgIpc) is 3.37. The first-order valence-electron chi connectivity index (χ1n) is 12.7. The number of aryl methyl sites for hydroxylation is 1. The van der Waals surface area contributed by atoms with Crippen LogP contribution in [0.25, 0.3) is 11.3 Å². The van der Waals surface area contributed by atoms with Gasteiger partial charge in [-0.1, -0.05) is 72.8 Å². The van der Waals surface area contributed by atoms with Crippen LogP contribution in [0.15, 0.2) is 114 Å². The summed E-state index contributed by atoms with van der Waals surface area (Å²) in [5, 5.41) is 15.1. The van der Waals surface area contributed by atoms with Gasteiger partial charge in [0.1, 0.15) is 5.25 Å². The molecular formula is C32H25N3O4S2. The van der Waals surface area contributed by atoms with E-state index in [1.165, 1.54) is 35.2 Å². The summed E-state index contributed by atoms with van der Waals surface area (Å²) in [7, 11) is 0. The summed E-state index contributed by atoms with van der Waals surface area (Å²) in [6.45, 7) is 1.99. The Morgan fingerprint density at radius 3 is 2.05 bits per heavy atom. The van der Waals surface area contributed by atoms with Gasteiger partial charge in [-0.2, -0.15) is 0 Å². The van der Waals surface area contributed by atoms with Gasteiger partial charge in [0.2, 0.25) is 5.91 Å². The van der Waals surface area contributed by atoms with Gasteiger partial charge >= 0.3 is 5.97 Å². The van der Waals surface area contributed by atoms with Crippen LogP contribution in [-0.2, 0) is 4.79 Å². The van der Waals surface area contributed by atoms with Gasteiger partial charge in [0, 0.05) is 21.0 Å². The van der Waals surface area contributed by atoms with E-state index in [0.29, 0.717) is 10.8 Å². The molecule has 5 rings (SSSR count). The summed E-state index contributed by atoms with van der Waals surface area (Å²) in [6.07, 6.45) is 0. The van der Waals surface area contributed by atoms with Gasteiger partial charge in [0.15, 0.2) is 5.13 Å². The molecule has 1 aromatic heterocycles. The monoisotopic (exact) mass is 579 g/mol. The number of benzene rings is 4. The summed E-state index contributed by atoms with van der Waals surface area (Å²) in [6, 6.07) is 32.5. The Morgan fingerprint density at radius 1 is 0.780 bits per heavy atom. The van der Waals surface area contributed by atoms with Gasteiger partial charge in [-0.25, -0.2) is 9.78 Å². The zero-order valence-corrected chi connectivity index (χ0v) is 23.5. The number of thioether (sulfide) groups is 1. The SMILES string of the molecule is Cc1sc(NC(=O)C(Sc2ccc(NC(=O)c3ccccc3C(=O)O)cc2)c2ccccc2)nc1-c1ccccc1. The fourth-order valence-electron chi connectivity index (χ4n) is 4.20. The van der Waals surface area contributed by atoms with Crippen molar-refractivity contribution in [3.63, 3.8) is 0 Å². The van der Waals surface area contributed by atoms with Crippen molar-refractivity contribution in [3.05, 3.63) is 131 Å². The van der Waals surface area contributed by atoms with Crippen molar-refractivity contribution in [2.24, 2.45) is 0 Å². The summed E-state index contributed by atoms with van der Waals surface area (Å²) >= 11 is 2.82. The lowest BCUT2D eigenvalue weighted by Gasteiger charge is -2.16. The normalized spacial score (nSPS) is 11.4. The molecule has 0 aliphatic rings. The number of hydrogen-bond acceptors (Lipinski definition) is 6. The van der Waals surface area contributed by atoms with Gasteiger partial charge in [-0.05, 0) is 48.9 Å². The highest BCUT2D eigenvalue weighted by molar-refractivity contribution is 8.00. The highest BCUT2D eigenvalue weighted by atomic mass is 32.2. The Morgan fingerprint density at radius 2 is 1.39 bits per heavy atom. The molecule has 0 fully saturated rings. The quantitative estimate of drug-likeness (QED) is 0.156. The van der Waals surface area contributed by atoms with E-state index in [0.717, 1.165) is 26.6 Å². The van der Waals surface area contributed by atoms with E-state index < -0.39 is 17.1 Å². The molecule has 4 aromatic carbocycles. The van der Waals surface area contributed by atoms with Gasteiger partial charge in [0.05, 0.1) is 16.8 Å². The van der Waals surface area contributed by atoms with Crippen molar-refractivity contribution in [1.82, 2.24) is 4.98 Å². The molecule has 9 heteroatoms. The molecule has 0 aliphatic carbocycles. The maximum atomic E-state index is 13.6. The van der Waals surface area contributed by atoms with Crippen LogP contribution in [0.1, 0.15) is 36.4 Å². The lowest BCUT2D eigenvalue weighted by molar-refractivity contribution is -0.115. The summed E-state index contributed by atoms with van der Waals surface area (Å²) in [4.78, 5) is 44.3. The highest BCUT2D eigenvalue weighted by Crippen LogP contribution is 2.38. The third kappa shape index (κ3) is 6.71. The first kappa shape index (κ1) is 27.8. The lowest BCUT2D eigenvalue weighted by atomic mass is 10.1. The predicted octanol–water partition coefficient (Wildman–Crippen LogP) is 7.54. The zero-order valence-electron chi connectivity index (χ0n) is 21.9. The molecule has 204 valence electrons. The predicted molar refractivity (Wildman–Crippen MR) is 164 cm³/mol. The third-order valence-electron chi connectivity index (χ3n) is 6.18. The fourth-order valence-corrected chi connectivity index (χ4v) is 6.07. The van der Waals surface area contributed by atoms with Gasteiger partial charge in [0.25, 0.3) is 5.91 Å². The molecule has 2 amide bonds. The number of thiazole rings is 1. The third-order valence-corrected chi connectivity index (χ3v) is 8.34. The first-order valence-corrected chi connectivity index (χ1v) is 14.4. The number of carbonyl (C=O) groups excluding carboxylic acids is 2. The van der Waals surface area contributed by atoms with Crippen LogP contribution in [0.3, 0.4) is 0 Å². The Hall–Kier alpha value is -4.73. The molecule has 0 spiro atoms. The molecule has 0 saturated carbocycles. The molecule has 3 N–H and O–H groups in total. The summed E-state index contributed by atoms with van der Waals surface area (Å²) in [5.41, 5.74) is 3.20. The van der Waals surface area contributed by atoms with Crippen molar-refractivity contribution in [2.45, 2.75) is 17.1 Å². The summed E-state index contributed by atoms with van der Waals surface area (Å²) < 4.78 is 0. The molecule has 0 bridgehead atoms. The first-order chi connectivity index (χ1) is 19.9. The van der Waals surface area contributed by atoms with Crippen molar-refractivity contribution >= 4 is 51.7 Å². The number of nitrogens with zero attached hydrogens (tertiary/aromatic N) is 1. The maximum Gasteiger partial charge on any atom is 0.336 e. The van der Waals surface area contributed by atoms with E-state index in [2.05, 4.69) is 15.6 Å². The molecular weight excluding hydrogens is 555 g/mol. The second-order valence-electron chi connectivity index (χ2n) is 9.02. The fraction of sp³-hybridized carbons (Fsp3) is 0.0625. The van der Waals surface area contributed by atoms with Crippen molar-refractivity contribution in [2.75, 3.05) is 10.6 Å². The Balaban J connectivity index is 1.32. The van der Waals surface area contributed by atoms with Crippen LogP contribution in [0, 0.1) is 6.92 Å². The van der Waals surface area contributed by atoms with Crippen LogP contribution in [-0.4, -0.2) is 27.9 Å². The van der Waals surface area contributed by atoms with E-state index in [9.17, 15) is 19.5 Å². The second-order valence-corrected chi connectivity index (χ2v) is 11.4. The Bertz CT molecular complexity index is 1690. The van der Waals surface area contributed by atoms with E-state index in [4.69, 9.17) is 0 Å². The molecule has 0 aliphatic heterocycles. The second kappa shape index (κ2) is 12.6. The van der Waals surface area contributed by atoms with Crippen molar-refractivity contribution < 1.29 is 19.5 Å². The maximum absolute atomic E-state index is 13.6. The molecule has 0 radical (unpaired) electrons. The van der Waals surface area contributed by atoms with Crippen LogP contribution in [0.2, 0.25) is 0 Å². The van der Waals surface area contributed by atoms with Crippen LogP contribution in [0.5, 0.6) is 0 Å². The number of rotatable bonds is 9. The average molecular weight is 580 g/mol. The van der Waals surface area contributed by atoms with Gasteiger partial charge in [-0.15, -0.1) is 23.1 Å². The van der Waals surface area contributed by atoms with E-state index >= 15 is 0 Å². The number of carbonyl (C=O) groups is 3. The van der Waals surface area contributed by atoms with Crippen LogP contribution < -0.4 is 10.6 Å². The van der Waals surface area contributed by atoms with Crippen LogP contribution in [0.4, 0.5) is 10.8 Å². The van der Waals surface area contributed by atoms with Crippen LogP contribution >= 0.6 is 23.1 Å². The standard InChI is InChI=1S/C32H25N3O4S2/c1-20-27(21-10-4-2-5-11-21)34-32(40-20)35-30(37)28(22-12-6-3-7-13-22)41-24-18-16-23(17-19-24)33-29(36)25-14-8-9-15-26(25)31(38)39/h2-19,28H,1H3,(H,33,36)(H,38,39)(H,34,35,37). The minimum absolute atomic E-state index is 0.0693. The molecule has 1 heterocycles. The van der Waals surface area contributed by atoms with Crippen molar-refractivity contribution in [1.29, 1.82) is 0 Å². The number of carboxylic acid groups (broad SMARTS) is 1. The van der Waals surface area contributed by atoms with Gasteiger partial charge < -0.3 is 15.7 Å². The molecule has 7 nitrogen and oxygen atoms in total.